The van der Waals surface area contributed by atoms with Crippen LogP contribution >= 0.6 is 0 Å². The second kappa shape index (κ2) is 7.86. The Labute approximate surface area is 159 Å². The van der Waals surface area contributed by atoms with Crippen LogP contribution in [0, 0.1) is 36.5 Å². The van der Waals surface area contributed by atoms with Crippen LogP contribution in [0.5, 0.6) is 0 Å². The molecule has 1 unspecified atom stereocenters. The van der Waals surface area contributed by atoms with E-state index in [1.165, 1.54) is 5.01 Å². The number of nitrogens with zero attached hydrogens (tertiary/aromatic N) is 4. The van der Waals surface area contributed by atoms with Crippen LogP contribution in [0.3, 0.4) is 0 Å². The molecule has 0 aromatic heterocycles. The Morgan fingerprint density at radius 2 is 1.52 bits per heavy atom. The van der Waals surface area contributed by atoms with Crippen molar-refractivity contribution >= 4 is 5.71 Å². The molecule has 2 aromatic carbocycles. The molecule has 0 bridgehead atoms. The topological polar surface area (TPSA) is 89.2 Å². The Balaban J connectivity index is 2.10. The van der Waals surface area contributed by atoms with Crippen LogP contribution in [0.15, 0.2) is 64.9 Å². The van der Waals surface area contributed by atoms with Gasteiger partial charge in [0.2, 0.25) is 0 Å². The van der Waals surface area contributed by atoms with E-state index in [0.29, 0.717) is 12.8 Å². The number of hydrogen-bond acceptors (Lipinski definition) is 5. The smallest absolute Gasteiger partial charge is 0.183 e. The number of aliphatic imine (C=N–C) groups is 1. The maximum atomic E-state index is 9.50. The highest BCUT2D eigenvalue weighted by Crippen LogP contribution is 2.27. The summed E-state index contributed by atoms with van der Waals surface area (Å²) in [5, 5.41) is 20.3. The van der Waals surface area contributed by atoms with E-state index in [0.717, 1.165) is 33.6 Å². The number of hydrazine groups is 1. The number of rotatable bonds is 4. The standard InChI is InChI=1S/C22H21N5/c1-15-7-3-5-9-17(15)11-19-21(12-18-10-6-4-8-16(18)2)27(25)22(14-24)20(13-23)26-19/h3-10,22H,11-12,25H2,1-2H3. The summed E-state index contributed by atoms with van der Waals surface area (Å²) in [5.74, 6) is 6.30. The summed E-state index contributed by atoms with van der Waals surface area (Å²) < 4.78 is 0. The third-order valence-electron chi connectivity index (χ3n) is 4.91. The van der Waals surface area contributed by atoms with Gasteiger partial charge in [-0.25, -0.2) is 10.8 Å². The molecular weight excluding hydrogens is 334 g/mol. The van der Waals surface area contributed by atoms with Crippen molar-refractivity contribution in [1.29, 1.82) is 10.5 Å². The van der Waals surface area contributed by atoms with Gasteiger partial charge in [0.1, 0.15) is 6.07 Å². The zero-order valence-corrected chi connectivity index (χ0v) is 15.5. The van der Waals surface area contributed by atoms with E-state index in [1.807, 2.05) is 68.4 Å². The summed E-state index contributed by atoms with van der Waals surface area (Å²) in [6, 6.07) is 19.4. The van der Waals surface area contributed by atoms with Crippen molar-refractivity contribution in [2.75, 3.05) is 0 Å². The number of hydrogen-bond donors (Lipinski definition) is 1. The second-order valence-electron chi connectivity index (χ2n) is 6.65. The average Bonchev–Trinajstić information content (AvgIpc) is 2.67. The zero-order valence-electron chi connectivity index (χ0n) is 15.5. The van der Waals surface area contributed by atoms with E-state index < -0.39 is 6.04 Å². The van der Waals surface area contributed by atoms with Gasteiger partial charge in [0.05, 0.1) is 17.5 Å². The second-order valence-corrected chi connectivity index (χ2v) is 6.65. The van der Waals surface area contributed by atoms with E-state index in [4.69, 9.17) is 5.84 Å². The summed E-state index contributed by atoms with van der Waals surface area (Å²) >= 11 is 0. The molecule has 1 aliphatic heterocycles. The molecule has 0 amide bonds. The van der Waals surface area contributed by atoms with Crippen molar-refractivity contribution in [2.45, 2.75) is 32.7 Å². The molecule has 27 heavy (non-hydrogen) atoms. The van der Waals surface area contributed by atoms with Gasteiger partial charge in [-0.05, 0) is 36.1 Å². The number of nitriles is 2. The molecule has 1 heterocycles. The van der Waals surface area contributed by atoms with Gasteiger partial charge in [0, 0.05) is 12.8 Å². The summed E-state index contributed by atoms with van der Waals surface area (Å²) in [6.45, 7) is 4.10. The van der Waals surface area contributed by atoms with Crippen LogP contribution in [0.25, 0.3) is 0 Å². The highest BCUT2D eigenvalue weighted by atomic mass is 15.4. The molecule has 3 rings (SSSR count). The van der Waals surface area contributed by atoms with Gasteiger partial charge in [-0.3, -0.25) is 5.01 Å². The van der Waals surface area contributed by atoms with Crippen LogP contribution in [-0.2, 0) is 12.8 Å². The Kier molecular flexibility index (Phi) is 5.35. The van der Waals surface area contributed by atoms with Gasteiger partial charge < -0.3 is 0 Å². The van der Waals surface area contributed by atoms with E-state index in [2.05, 4.69) is 11.1 Å². The minimum absolute atomic E-state index is 0.136. The summed E-state index contributed by atoms with van der Waals surface area (Å²) in [6.07, 6.45) is 1.12. The molecule has 0 radical (unpaired) electrons. The lowest BCUT2D eigenvalue weighted by molar-refractivity contribution is 0.342. The first-order valence-corrected chi connectivity index (χ1v) is 8.78. The minimum Gasteiger partial charge on any atom is -0.289 e. The van der Waals surface area contributed by atoms with E-state index in [-0.39, 0.29) is 5.71 Å². The Morgan fingerprint density at radius 1 is 0.963 bits per heavy atom. The average molecular weight is 355 g/mol. The lowest BCUT2D eigenvalue weighted by Gasteiger charge is -2.31. The molecule has 0 spiro atoms. The quantitative estimate of drug-likeness (QED) is 0.852. The predicted molar refractivity (Wildman–Crippen MR) is 105 cm³/mol. The maximum Gasteiger partial charge on any atom is 0.183 e. The summed E-state index contributed by atoms with van der Waals surface area (Å²) in [5.41, 5.74) is 6.20. The van der Waals surface area contributed by atoms with E-state index in [1.54, 1.807) is 0 Å². The Hall–Kier alpha value is -3.41. The van der Waals surface area contributed by atoms with Gasteiger partial charge in [0.25, 0.3) is 0 Å². The fraction of sp³-hybridized carbons (Fsp3) is 0.227. The molecule has 5 nitrogen and oxygen atoms in total. The molecule has 0 saturated carbocycles. The fourth-order valence-electron chi connectivity index (χ4n) is 3.23. The van der Waals surface area contributed by atoms with E-state index >= 15 is 0 Å². The number of aryl methyl sites for hydroxylation is 2. The third-order valence-corrected chi connectivity index (χ3v) is 4.91. The molecule has 1 aliphatic rings. The molecule has 2 aromatic rings. The normalized spacial score (nSPS) is 16.6. The van der Waals surface area contributed by atoms with Crippen LogP contribution in [0.4, 0.5) is 0 Å². The van der Waals surface area contributed by atoms with Crippen LogP contribution in [-0.4, -0.2) is 16.8 Å². The van der Waals surface area contributed by atoms with Gasteiger partial charge in [0.15, 0.2) is 11.8 Å². The lowest BCUT2D eigenvalue weighted by Crippen LogP contribution is -2.47. The van der Waals surface area contributed by atoms with Crippen molar-refractivity contribution < 1.29 is 0 Å². The SMILES string of the molecule is Cc1ccccc1CC1=C(Cc2ccccc2C)N(N)C(C#N)C(C#N)=N1. The Bertz CT molecular complexity index is 1000. The number of nitrogens with two attached hydrogens (primary N) is 1. The van der Waals surface area contributed by atoms with Crippen LogP contribution in [0.1, 0.15) is 22.3 Å². The first-order valence-electron chi connectivity index (χ1n) is 8.78. The van der Waals surface area contributed by atoms with Gasteiger partial charge in [-0.15, -0.1) is 0 Å². The minimum atomic E-state index is -0.866. The summed E-state index contributed by atoms with van der Waals surface area (Å²) in [7, 11) is 0. The molecule has 0 fully saturated rings. The largest absolute Gasteiger partial charge is 0.289 e. The van der Waals surface area contributed by atoms with Crippen molar-refractivity contribution in [3.8, 4) is 12.1 Å². The molecular formula is C22H21N5. The Morgan fingerprint density at radius 3 is 2.04 bits per heavy atom. The summed E-state index contributed by atoms with van der Waals surface area (Å²) in [4.78, 5) is 4.54. The fourth-order valence-corrected chi connectivity index (χ4v) is 3.23. The lowest BCUT2D eigenvalue weighted by atomic mass is 9.96. The monoisotopic (exact) mass is 355 g/mol. The van der Waals surface area contributed by atoms with E-state index in [9.17, 15) is 10.5 Å². The third kappa shape index (κ3) is 3.74. The molecule has 0 aliphatic carbocycles. The van der Waals surface area contributed by atoms with Crippen molar-refractivity contribution in [2.24, 2.45) is 10.8 Å². The van der Waals surface area contributed by atoms with Crippen molar-refractivity contribution in [3.05, 3.63) is 82.2 Å². The van der Waals surface area contributed by atoms with Crippen molar-refractivity contribution in [1.82, 2.24) is 5.01 Å². The maximum absolute atomic E-state index is 9.50. The number of allylic oxidation sites excluding steroid dienone is 2. The molecule has 5 heteroatoms. The first-order chi connectivity index (χ1) is 13.0. The zero-order chi connectivity index (χ0) is 19.4. The predicted octanol–water partition coefficient (Wildman–Crippen LogP) is 3.35. The molecule has 0 saturated heterocycles. The van der Waals surface area contributed by atoms with Crippen LogP contribution in [0.2, 0.25) is 0 Å². The highest BCUT2D eigenvalue weighted by Gasteiger charge is 2.30. The van der Waals surface area contributed by atoms with Crippen molar-refractivity contribution in [3.63, 3.8) is 0 Å². The molecule has 134 valence electrons. The van der Waals surface area contributed by atoms with Gasteiger partial charge in [-0.1, -0.05) is 48.5 Å². The molecule has 2 N–H and O–H groups in total. The van der Waals surface area contributed by atoms with Gasteiger partial charge in [-0.2, -0.15) is 10.5 Å². The molecule has 1 atom stereocenters. The first kappa shape index (κ1) is 18.4. The van der Waals surface area contributed by atoms with Crippen LogP contribution < -0.4 is 5.84 Å². The highest BCUT2D eigenvalue weighted by molar-refractivity contribution is 6.05. The van der Waals surface area contributed by atoms with Gasteiger partial charge >= 0.3 is 0 Å². The number of benzene rings is 2.